The quantitative estimate of drug-likeness (QED) is 0.880. The molecular formula is C15H18BrN3O. The van der Waals surface area contributed by atoms with Crippen LogP contribution in [-0.2, 0) is 6.42 Å². The van der Waals surface area contributed by atoms with Crippen molar-refractivity contribution >= 4 is 15.9 Å². The zero-order valence-corrected chi connectivity index (χ0v) is 13.2. The molecule has 0 saturated heterocycles. The van der Waals surface area contributed by atoms with E-state index in [1.807, 2.05) is 12.3 Å². The Hall–Kier alpha value is -1.46. The summed E-state index contributed by atoms with van der Waals surface area (Å²) in [6.07, 6.45) is 6.08. The van der Waals surface area contributed by atoms with Crippen molar-refractivity contribution in [2.45, 2.75) is 19.4 Å². The molecule has 0 radical (unpaired) electrons. The number of methoxy groups -OCH3 is 1. The Labute approximate surface area is 127 Å². The van der Waals surface area contributed by atoms with E-state index in [4.69, 9.17) is 4.74 Å². The number of rotatable bonds is 6. The second-order valence-electron chi connectivity index (χ2n) is 4.41. The van der Waals surface area contributed by atoms with Crippen LogP contribution in [0.2, 0.25) is 0 Å². The SMILES string of the molecule is CCNC(Cc1ccc(OC)c(Br)c1)c1cnccn1. The standard InChI is InChI=1S/C15H18BrN3O/c1-3-18-13(14-10-17-6-7-19-14)9-11-4-5-15(20-2)12(16)8-11/h4-8,10,13,18H,3,9H2,1-2H3. The van der Waals surface area contributed by atoms with Crippen molar-refractivity contribution in [2.24, 2.45) is 0 Å². The van der Waals surface area contributed by atoms with E-state index in [1.54, 1.807) is 19.5 Å². The largest absolute Gasteiger partial charge is 0.496 e. The molecule has 1 heterocycles. The lowest BCUT2D eigenvalue weighted by atomic mass is 10.0. The minimum absolute atomic E-state index is 0.161. The molecule has 1 atom stereocenters. The van der Waals surface area contributed by atoms with Crippen molar-refractivity contribution in [1.82, 2.24) is 15.3 Å². The fraction of sp³-hybridized carbons (Fsp3) is 0.333. The monoisotopic (exact) mass is 335 g/mol. The van der Waals surface area contributed by atoms with Crippen molar-refractivity contribution in [3.8, 4) is 5.75 Å². The molecule has 0 spiro atoms. The normalized spacial score (nSPS) is 12.2. The summed E-state index contributed by atoms with van der Waals surface area (Å²) < 4.78 is 6.22. The van der Waals surface area contributed by atoms with Crippen LogP contribution in [0, 0.1) is 0 Å². The van der Waals surface area contributed by atoms with Crippen molar-refractivity contribution < 1.29 is 4.74 Å². The molecule has 4 nitrogen and oxygen atoms in total. The Morgan fingerprint density at radius 1 is 1.35 bits per heavy atom. The number of nitrogens with one attached hydrogen (secondary N) is 1. The highest BCUT2D eigenvalue weighted by molar-refractivity contribution is 9.10. The molecule has 0 aliphatic heterocycles. The van der Waals surface area contributed by atoms with Crippen LogP contribution in [-0.4, -0.2) is 23.6 Å². The molecule has 2 rings (SSSR count). The maximum atomic E-state index is 5.25. The van der Waals surface area contributed by atoms with Gasteiger partial charge in [0, 0.05) is 18.6 Å². The minimum Gasteiger partial charge on any atom is -0.496 e. The predicted molar refractivity (Wildman–Crippen MR) is 82.8 cm³/mol. The summed E-state index contributed by atoms with van der Waals surface area (Å²) in [5, 5.41) is 3.45. The lowest BCUT2D eigenvalue weighted by Crippen LogP contribution is -2.24. The maximum absolute atomic E-state index is 5.25. The van der Waals surface area contributed by atoms with E-state index in [0.717, 1.165) is 28.9 Å². The molecule has 1 N–H and O–H groups in total. The smallest absolute Gasteiger partial charge is 0.133 e. The molecule has 20 heavy (non-hydrogen) atoms. The molecule has 106 valence electrons. The van der Waals surface area contributed by atoms with Crippen LogP contribution < -0.4 is 10.1 Å². The predicted octanol–water partition coefficient (Wildman–Crippen LogP) is 3.14. The van der Waals surface area contributed by atoms with Gasteiger partial charge in [0.1, 0.15) is 5.75 Å². The minimum atomic E-state index is 0.161. The summed E-state index contributed by atoms with van der Waals surface area (Å²) in [7, 11) is 1.67. The fourth-order valence-corrected chi connectivity index (χ4v) is 2.68. The fourth-order valence-electron chi connectivity index (χ4n) is 2.09. The molecule has 1 unspecified atom stereocenters. The van der Waals surface area contributed by atoms with E-state index in [-0.39, 0.29) is 6.04 Å². The van der Waals surface area contributed by atoms with Crippen LogP contribution in [0.15, 0.2) is 41.3 Å². The first kappa shape index (κ1) is 14.9. The van der Waals surface area contributed by atoms with Gasteiger partial charge in [0.15, 0.2) is 0 Å². The van der Waals surface area contributed by atoms with Crippen LogP contribution in [0.5, 0.6) is 5.75 Å². The van der Waals surface area contributed by atoms with E-state index < -0.39 is 0 Å². The van der Waals surface area contributed by atoms with Gasteiger partial charge in [0.25, 0.3) is 0 Å². The molecule has 5 heteroatoms. The number of halogens is 1. The van der Waals surface area contributed by atoms with E-state index in [1.165, 1.54) is 5.56 Å². The second-order valence-corrected chi connectivity index (χ2v) is 5.27. The first-order valence-electron chi connectivity index (χ1n) is 6.56. The third kappa shape index (κ3) is 3.77. The van der Waals surface area contributed by atoms with Crippen LogP contribution in [0.1, 0.15) is 24.2 Å². The van der Waals surface area contributed by atoms with Gasteiger partial charge in [-0.2, -0.15) is 0 Å². The summed E-state index contributed by atoms with van der Waals surface area (Å²) in [5.74, 6) is 0.841. The molecule has 0 saturated carbocycles. The first-order valence-corrected chi connectivity index (χ1v) is 7.35. The average molecular weight is 336 g/mol. The number of benzene rings is 1. The van der Waals surface area contributed by atoms with E-state index in [2.05, 4.69) is 50.3 Å². The van der Waals surface area contributed by atoms with Gasteiger partial charge in [-0.1, -0.05) is 13.0 Å². The highest BCUT2D eigenvalue weighted by atomic mass is 79.9. The molecular weight excluding hydrogens is 318 g/mol. The van der Waals surface area contributed by atoms with Gasteiger partial charge < -0.3 is 10.1 Å². The van der Waals surface area contributed by atoms with Gasteiger partial charge in [0.05, 0.1) is 23.3 Å². The highest BCUT2D eigenvalue weighted by Crippen LogP contribution is 2.27. The van der Waals surface area contributed by atoms with Crippen molar-refractivity contribution in [3.63, 3.8) is 0 Å². The number of aromatic nitrogens is 2. The lowest BCUT2D eigenvalue weighted by Gasteiger charge is -2.17. The van der Waals surface area contributed by atoms with Crippen LogP contribution in [0.4, 0.5) is 0 Å². The van der Waals surface area contributed by atoms with Crippen LogP contribution >= 0.6 is 15.9 Å². The molecule has 1 aromatic carbocycles. The third-order valence-corrected chi connectivity index (χ3v) is 3.67. The zero-order valence-electron chi connectivity index (χ0n) is 11.6. The summed E-state index contributed by atoms with van der Waals surface area (Å²) in [5.41, 5.74) is 2.18. The van der Waals surface area contributed by atoms with Gasteiger partial charge in [-0.25, -0.2) is 0 Å². The van der Waals surface area contributed by atoms with Crippen molar-refractivity contribution in [3.05, 3.63) is 52.5 Å². The lowest BCUT2D eigenvalue weighted by molar-refractivity contribution is 0.412. The van der Waals surface area contributed by atoms with Crippen molar-refractivity contribution in [2.75, 3.05) is 13.7 Å². The molecule has 2 aromatic rings. The summed E-state index contributed by atoms with van der Waals surface area (Å²) in [4.78, 5) is 8.53. The van der Waals surface area contributed by atoms with Crippen LogP contribution in [0.25, 0.3) is 0 Å². The molecule has 0 amide bonds. The topological polar surface area (TPSA) is 47.0 Å². The third-order valence-electron chi connectivity index (χ3n) is 3.05. The maximum Gasteiger partial charge on any atom is 0.133 e. The molecule has 0 fully saturated rings. The molecule has 0 bridgehead atoms. The Kier molecular flexibility index (Phi) is 5.49. The molecule has 0 aliphatic rings. The van der Waals surface area contributed by atoms with Crippen LogP contribution in [0.3, 0.4) is 0 Å². The molecule has 0 aliphatic carbocycles. The number of hydrogen-bond donors (Lipinski definition) is 1. The highest BCUT2D eigenvalue weighted by Gasteiger charge is 2.13. The van der Waals surface area contributed by atoms with Crippen molar-refractivity contribution in [1.29, 1.82) is 0 Å². The zero-order chi connectivity index (χ0) is 14.4. The summed E-state index contributed by atoms with van der Waals surface area (Å²) in [6.45, 7) is 2.98. The Balaban J connectivity index is 2.18. The van der Waals surface area contributed by atoms with Gasteiger partial charge >= 0.3 is 0 Å². The number of ether oxygens (including phenoxy) is 1. The Morgan fingerprint density at radius 3 is 2.80 bits per heavy atom. The summed E-state index contributed by atoms with van der Waals surface area (Å²) in [6, 6.07) is 6.29. The van der Waals surface area contributed by atoms with E-state index in [0.29, 0.717) is 0 Å². The van der Waals surface area contributed by atoms with Gasteiger partial charge in [-0.15, -0.1) is 0 Å². The van der Waals surface area contributed by atoms with E-state index in [9.17, 15) is 0 Å². The average Bonchev–Trinajstić information content (AvgIpc) is 2.48. The summed E-state index contributed by atoms with van der Waals surface area (Å²) >= 11 is 3.52. The number of nitrogens with zero attached hydrogens (tertiary/aromatic N) is 2. The number of hydrogen-bond acceptors (Lipinski definition) is 4. The van der Waals surface area contributed by atoms with Gasteiger partial charge in [-0.05, 0) is 46.6 Å². The Morgan fingerprint density at radius 2 is 2.20 bits per heavy atom. The van der Waals surface area contributed by atoms with E-state index >= 15 is 0 Å². The molecule has 1 aromatic heterocycles. The second kappa shape index (κ2) is 7.36. The van der Waals surface area contributed by atoms with Gasteiger partial charge in [0.2, 0.25) is 0 Å². The number of likely N-dealkylation sites (N-methyl/N-ethyl adjacent to an activating group) is 1. The Bertz CT molecular complexity index is 548. The van der Waals surface area contributed by atoms with Gasteiger partial charge in [-0.3, -0.25) is 9.97 Å². The first-order chi connectivity index (χ1) is 9.74.